The molecule has 1 saturated heterocycles. The van der Waals surface area contributed by atoms with E-state index in [4.69, 9.17) is 5.26 Å². The maximum absolute atomic E-state index is 12.1. The van der Waals surface area contributed by atoms with Gasteiger partial charge in [-0.3, -0.25) is 14.5 Å². The largest absolute Gasteiger partial charge is 0.352 e. The highest BCUT2D eigenvalue weighted by molar-refractivity contribution is 5.94. The van der Waals surface area contributed by atoms with Crippen LogP contribution in [0.25, 0.3) is 0 Å². The monoisotopic (exact) mass is 328 g/mol. The van der Waals surface area contributed by atoms with Gasteiger partial charge in [0.25, 0.3) is 5.91 Å². The molecule has 0 aliphatic carbocycles. The molecule has 2 amide bonds. The molecular weight excluding hydrogens is 304 g/mol. The van der Waals surface area contributed by atoms with E-state index in [2.05, 4.69) is 10.2 Å². The molecule has 0 unspecified atom stereocenters. The van der Waals surface area contributed by atoms with Crippen LogP contribution >= 0.6 is 0 Å². The number of likely N-dealkylation sites (N-methyl/N-ethyl adjacent to an activating group) is 1. The molecule has 24 heavy (non-hydrogen) atoms. The molecule has 6 nitrogen and oxygen atoms in total. The van der Waals surface area contributed by atoms with Crippen LogP contribution in [0.3, 0.4) is 0 Å². The maximum Gasteiger partial charge on any atom is 0.251 e. The van der Waals surface area contributed by atoms with Gasteiger partial charge < -0.3 is 10.2 Å². The third-order valence-electron chi connectivity index (χ3n) is 4.25. The molecule has 0 radical (unpaired) electrons. The van der Waals surface area contributed by atoms with Crippen molar-refractivity contribution in [2.45, 2.75) is 25.3 Å². The molecule has 0 saturated carbocycles. The number of carbonyl (C=O) groups is 2. The first-order valence-electron chi connectivity index (χ1n) is 8.26. The fourth-order valence-corrected chi connectivity index (χ4v) is 2.99. The van der Waals surface area contributed by atoms with Crippen molar-refractivity contribution >= 4 is 11.8 Å². The molecule has 1 aromatic carbocycles. The van der Waals surface area contributed by atoms with Gasteiger partial charge in [0.1, 0.15) is 0 Å². The van der Waals surface area contributed by atoms with E-state index in [0.29, 0.717) is 17.7 Å². The van der Waals surface area contributed by atoms with Gasteiger partial charge in [-0.15, -0.1) is 0 Å². The van der Waals surface area contributed by atoms with E-state index in [1.807, 2.05) is 6.07 Å². The minimum atomic E-state index is -0.172. The van der Waals surface area contributed by atoms with E-state index in [0.717, 1.165) is 32.4 Å². The number of likely N-dealkylation sites (tertiary alicyclic amines) is 1. The van der Waals surface area contributed by atoms with Gasteiger partial charge in [0.2, 0.25) is 5.91 Å². The van der Waals surface area contributed by atoms with Crippen LogP contribution in [0.2, 0.25) is 0 Å². The number of nitrogens with zero attached hydrogens (tertiary/aromatic N) is 3. The van der Waals surface area contributed by atoms with Crippen LogP contribution < -0.4 is 5.32 Å². The first-order valence-corrected chi connectivity index (χ1v) is 8.26. The highest BCUT2D eigenvalue weighted by Crippen LogP contribution is 2.18. The molecule has 0 spiro atoms. The number of hydrogen-bond acceptors (Lipinski definition) is 4. The van der Waals surface area contributed by atoms with Gasteiger partial charge in [-0.25, -0.2) is 0 Å². The number of benzene rings is 1. The molecule has 1 aliphatic rings. The zero-order chi connectivity index (χ0) is 17.5. The van der Waals surface area contributed by atoms with Crippen molar-refractivity contribution in [1.82, 2.24) is 15.1 Å². The Bertz CT molecular complexity index is 636. The van der Waals surface area contributed by atoms with Crippen LogP contribution in [-0.4, -0.2) is 61.4 Å². The summed E-state index contributed by atoms with van der Waals surface area (Å²) in [5, 5.41) is 11.7. The summed E-state index contributed by atoms with van der Waals surface area (Å²) in [5.74, 6) is -0.0145. The van der Waals surface area contributed by atoms with Crippen molar-refractivity contribution in [2.75, 3.05) is 33.7 Å². The van der Waals surface area contributed by atoms with E-state index < -0.39 is 0 Å². The summed E-state index contributed by atoms with van der Waals surface area (Å²) in [4.78, 5) is 28.1. The summed E-state index contributed by atoms with van der Waals surface area (Å²) in [7, 11) is 3.57. The molecule has 0 aromatic heterocycles. The van der Waals surface area contributed by atoms with Gasteiger partial charge in [0, 0.05) is 32.7 Å². The second-order valence-electron chi connectivity index (χ2n) is 6.23. The lowest BCUT2D eigenvalue weighted by Gasteiger charge is -2.26. The van der Waals surface area contributed by atoms with E-state index in [-0.39, 0.29) is 17.9 Å². The third kappa shape index (κ3) is 4.56. The van der Waals surface area contributed by atoms with Crippen molar-refractivity contribution < 1.29 is 9.59 Å². The van der Waals surface area contributed by atoms with Crippen molar-refractivity contribution in [3.8, 4) is 6.07 Å². The van der Waals surface area contributed by atoms with Crippen molar-refractivity contribution in [1.29, 1.82) is 5.26 Å². The molecule has 1 aliphatic heterocycles. The van der Waals surface area contributed by atoms with E-state index in [1.54, 1.807) is 43.3 Å². The predicted octanol–water partition coefficient (Wildman–Crippen LogP) is 1.23. The Labute approximate surface area is 143 Å². The van der Waals surface area contributed by atoms with Gasteiger partial charge >= 0.3 is 0 Å². The number of amides is 2. The molecular formula is C18H24N4O2. The summed E-state index contributed by atoms with van der Waals surface area (Å²) < 4.78 is 0. The highest BCUT2D eigenvalue weighted by atomic mass is 16.2. The predicted molar refractivity (Wildman–Crippen MR) is 91.4 cm³/mol. The number of nitrogens with one attached hydrogen (secondary N) is 1. The third-order valence-corrected chi connectivity index (χ3v) is 4.25. The topological polar surface area (TPSA) is 76.4 Å². The van der Waals surface area contributed by atoms with Crippen LogP contribution in [0.1, 0.15) is 35.2 Å². The second kappa shape index (κ2) is 8.46. The molecule has 1 fully saturated rings. The van der Waals surface area contributed by atoms with Crippen LogP contribution in [0.15, 0.2) is 24.3 Å². The van der Waals surface area contributed by atoms with E-state index >= 15 is 0 Å². The lowest BCUT2D eigenvalue weighted by molar-refractivity contribution is -0.133. The molecule has 0 bridgehead atoms. The van der Waals surface area contributed by atoms with Crippen LogP contribution in [-0.2, 0) is 4.79 Å². The van der Waals surface area contributed by atoms with Crippen molar-refractivity contribution in [3.63, 3.8) is 0 Å². The van der Waals surface area contributed by atoms with Gasteiger partial charge in [-0.05, 0) is 44.0 Å². The maximum atomic E-state index is 12.1. The van der Waals surface area contributed by atoms with Crippen molar-refractivity contribution in [3.05, 3.63) is 35.4 Å². The normalized spacial score (nSPS) is 17.3. The van der Waals surface area contributed by atoms with Crippen LogP contribution in [0.4, 0.5) is 0 Å². The van der Waals surface area contributed by atoms with Gasteiger partial charge in [0.15, 0.2) is 0 Å². The Morgan fingerprint density at radius 3 is 2.92 bits per heavy atom. The first kappa shape index (κ1) is 18.0. The molecule has 1 heterocycles. The van der Waals surface area contributed by atoms with Gasteiger partial charge in [0.05, 0.1) is 17.7 Å². The minimum Gasteiger partial charge on any atom is -0.352 e. The lowest BCUT2D eigenvalue weighted by atomic mass is 10.1. The number of hydrogen-bond donors (Lipinski definition) is 1. The second-order valence-corrected chi connectivity index (χ2v) is 6.23. The highest BCUT2D eigenvalue weighted by Gasteiger charge is 2.30. The zero-order valence-electron chi connectivity index (χ0n) is 14.3. The first-order chi connectivity index (χ1) is 11.5. The van der Waals surface area contributed by atoms with E-state index in [9.17, 15) is 9.59 Å². The van der Waals surface area contributed by atoms with Crippen LogP contribution in [0.5, 0.6) is 0 Å². The smallest absolute Gasteiger partial charge is 0.251 e. The summed E-state index contributed by atoms with van der Waals surface area (Å²) in [5.41, 5.74) is 0.973. The molecule has 6 heteroatoms. The Balaban J connectivity index is 1.77. The molecule has 1 atom stereocenters. The molecule has 1 aromatic rings. The molecule has 2 rings (SSSR count). The number of nitriles is 1. The van der Waals surface area contributed by atoms with E-state index in [1.165, 1.54) is 0 Å². The summed E-state index contributed by atoms with van der Waals surface area (Å²) in [6, 6.07) is 8.66. The SMILES string of the molecule is CN(C)C(=O)[C@H]1CCCN1CCCNC(=O)c1cccc(C#N)c1. The standard InChI is InChI=1S/C18H24N4O2/c1-21(2)18(24)16-8-4-10-22(16)11-5-9-20-17(23)15-7-3-6-14(12-15)13-19/h3,6-7,12,16H,4-5,8-11H2,1-2H3,(H,20,23)/t16-/m1/s1. The average Bonchev–Trinajstić information content (AvgIpc) is 3.06. The Kier molecular flexibility index (Phi) is 6.33. The fourth-order valence-electron chi connectivity index (χ4n) is 2.99. The minimum absolute atomic E-state index is 0.0250. The average molecular weight is 328 g/mol. The Morgan fingerprint density at radius 2 is 2.21 bits per heavy atom. The Hall–Kier alpha value is -2.39. The quantitative estimate of drug-likeness (QED) is 0.797. The molecule has 128 valence electrons. The lowest BCUT2D eigenvalue weighted by Crippen LogP contribution is -2.43. The van der Waals surface area contributed by atoms with Crippen molar-refractivity contribution in [2.24, 2.45) is 0 Å². The summed E-state index contributed by atoms with van der Waals surface area (Å²) in [6.45, 7) is 2.28. The van der Waals surface area contributed by atoms with Gasteiger partial charge in [-0.1, -0.05) is 6.07 Å². The van der Waals surface area contributed by atoms with Crippen LogP contribution in [0, 0.1) is 11.3 Å². The fraction of sp³-hybridized carbons (Fsp3) is 0.500. The molecule has 1 N–H and O–H groups in total. The van der Waals surface area contributed by atoms with Gasteiger partial charge in [-0.2, -0.15) is 5.26 Å². The summed E-state index contributed by atoms with van der Waals surface area (Å²) >= 11 is 0. The zero-order valence-corrected chi connectivity index (χ0v) is 14.3. The summed E-state index contributed by atoms with van der Waals surface area (Å²) in [6.07, 6.45) is 2.74. The number of carbonyl (C=O) groups excluding carboxylic acids is 2. The number of rotatable bonds is 6. The Morgan fingerprint density at radius 1 is 1.42 bits per heavy atom.